The minimum atomic E-state index is -4.28. The minimum absolute atomic E-state index is 0. The fourth-order valence-electron chi connectivity index (χ4n) is 3.13. The maximum Gasteiger partial charge on any atom is 0.416 e. The number of nitrogen functional groups attached to an aromatic ring is 1. The Morgan fingerprint density at radius 2 is 1.88 bits per heavy atom. The summed E-state index contributed by atoms with van der Waals surface area (Å²) in [5.41, 5.74) is 5.56. The summed E-state index contributed by atoms with van der Waals surface area (Å²) in [6, 6.07) is 5.95. The lowest BCUT2D eigenvalue weighted by Crippen LogP contribution is -2.32. The van der Waals surface area contributed by atoms with Crippen LogP contribution in [0.1, 0.15) is 34.8 Å². The molecule has 132 valence electrons. The number of nitrogens with zero attached hydrogens (tertiary/aromatic N) is 2. The summed E-state index contributed by atoms with van der Waals surface area (Å²) in [4.78, 5) is 7.37. The summed E-state index contributed by atoms with van der Waals surface area (Å²) in [5.74, 6) is -0.0318. The monoisotopic (exact) mass is 377 g/mol. The molecule has 0 unspecified atom stereocenters. The van der Waals surface area contributed by atoms with Gasteiger partial charge in [0.15, 0.2) is 5.13 Å². The van der Waals surface area contributed by atoms with Crippen LogP contribution in [0.25, 0.3) is 0 Å². The molecule has 1 aromatic carbocycles. The van der Waals surface area contributed by atoms with E-state index in [1.54, 1.807) is 18.3 Å². The molecule has 1 aliphatic heterocycles. The quantitative estimate of drug-likeness (QED) is 0.853. The first-order chi connectivity index (χ1) is 10.9. The molecule has 24 heavy (non-hydrogen) atoms. The zero-order valence-electron chi connectivity index (χ0n) is 12.9. The Hall–Kier alpha value is -1.31. The average molecular weight is 378 g/mol. The topological polar surface area (TPSA) is 42.1 Å². The molecule has 3 nitrogen and oxygen atoms in total. The molecule has 2 heterocycles. The summed E-state index contributed by atoms with van der Waals surface area (Å²) in [6.45, 7) is 2.34. The van der Waals surface area contributed by atoms with E-state index in [0.29, 0.717) is 10.7 Å². The second-order valence-electron chi connectivity index (χ2n) is 5.80. The van der Waals surface area contributed by atoms with Gasteiger partial charge in [-0.1, -0.05) is 18.2 Å². The number of nitrogens with two attached hydrogens (primary N) is 1. The molecule has 2 N–H and O–H groups in total. The Morgan fingerprint density at radius 3 is 2.46 bits per heavy atom. The Morgan fingerprint density at radius 1 is 1.21 bits per heavy atom. The van der Waals surface area contributed by atoms with Crippen LogP contribution in [0.15, 0.2) is 30.5 Å². The van der Waals surface area contributed by atoms with E-state index < -0.39 is 11.7 Å². The van der Waals surface area contributed by atoms with Gasteiger partial charge >= 0.3 is 6.18 Å². The third-order valence-corrected chi connectivity index (χ3v) is 5.06. The van der Waals surface area contributed by atoms with E-state index in [1.165, 1.54) is 23.5 Å². The van der Waals surface area contributed by atoms with Crippen molar-refractivity contribution in [3.8, 4) is 0 Å². The number of likely N-dealkylation sites (tertiary alicyclic amines) is 1. The van der Waals surface area contributed by atoms with Crippen molar-refractivity contribution in [3.63, 3.8) is 0 Å². The Kier molecular flexibility index (Phi) is 6.11. The summed E-state index contributed by atoms with van der Waals surface area (Å²) in [7, 11) is 0. The number of hydrogen-bond donors (Lipinski definition) is 1. The molecule has 0 saturated carbocycles. The number of piperidine rings is 1. The second kappa shape index (κ2) is 7.72. The maximum atomic E-state index is 13.1. The molecular weight excluding hydrogens is 359 g/mol. The van der Waals surface area contributed by atoms with Crippen LogP contribution in [-0.4, -0.2) is 23.0 Å². The fourth-order valence-corrected chi connectivity index (χ4v) is 3.86. The van der Waals surface area contributed by atoms with E-state index >= 15 is 0 Å². The molecule has 0 amide bonds. The molecule has 3 rings (SSSR count). The van der Waals surface area contributed by atoms with Crippen molar-refractivity contribution in [1.29, 1.82) is 0 Å². The van der Waals surface area contributed by atoms with Crippen molar-refractivity contribution in [2.24, 2.45) is 0 Å². The number of aromatic nitrogens is 1. The first-order valence-electron chi connectivity index (χ1n) is 7.52. The fraction of sp³-hybridized carbons (Fsp3) is 0.438. The van der Waals surface area contributed by atoms with Crippen LogP contribution in [0.3, 0.4) is 0 Å². The second-order valence-corrected chi connectivity index (χ2v) is 6.95. The van der Waals surface area contributed by atoms with Gasteiger partial charge < -0.3 is 5.73 Å². The molecule has 0 bridgehead atoms. The average Bonchev–Trinajstić information content (AvgIpc) is 2.92. The summed E-state index contributed by atoms with van der Waals surface area (Å²) >= 11 is 1.46. The molecule has 1 fully saturated rings. The Labute approximate surface area is 149 Å². The zero-order chi connectivity index (χ0) is 16.4. The van der Waals surface area contributed by atoms with Gasteiger partial charge in [-0.15, -0.1) is 23.7 Å². The van der Waals surface area contributed by atoms with Gasteiger partial charge in [0.1, 0.15) is 0 Å². The SMILES string of the molecule is Cl.Nc1ncc(CN2CCC(c3ccccc3C(F)(F)F)CC2)s1. The van der Waals surface area contributed by atoms with E-state index in [4.69, 9.17) is 5.73 Å². The van der Waals surface area contributed by atoms with Crippen LogP contribution in [0, 0.1) is 0 Å². The molecule has 1 aliphatic rings. The van der Waals surface area contributed by atoms with Crippen molar-refractivity contribution >= 4 is 28.9 Å². The maximum absolute atomic E-state index is 13.1. The predicted molar refractivity (Wildman–Crippen MR) is 92.5 cm³/mol. The number of anilines is 1. The number of benzene rings is 1. The molecule has 0 atom stereocenters. The lowest BCUT2D eigenvalue weighted by molar-refractivity contribution is -0.138. The van der Waals surface area contributed by atoms with Crippen LogP contribution in [0.4, 0.5) is 18.3 Å². The van der Waals surface area contributed by atoms with Crippen LogP contribution < -0.4 is 5.73 Å². The normalized spacial score (nSPS) is 16.8. The summed E-state index contributed by atoms with van der Waals surface area (Å²) < 4.78 is 39.4. The largest absolute Gasteiger partial charge is 0.416 e. The molecule has 0 spiro atoms. The van der Waals surface area contributed by atoms with Crippen molar-refractivity contribution < 1.29 is 13.2 Å². The highest BCUT2D eigenvalue weighted by Gasteiger charge is 2.35. The van der Waals surface area contributed by atoms with E-state index in [0.717, 1.165) is 37.4 Å². The van der Waals surface area contributed by atoms with Gasteiger partial charge in [0.25, 0.3) is 0 Å². The van der Waals surface area contributed by atoms with Gasteiger partial charge in [-0.05, 0) is 43.5 Å². The van der Waals surface area contributed by atoms with Crippen LogP contribution in [-0.2, 0) is 12.7 Å². The van der Waals surface area contributed by atoms with Crippen molar-refractivity contribution in [2.45, 2.75) is 31.5 Å². The molecule has 2 aromatic rings. The first-order valence-corrected chi connectivity index (χ1v) is 8.34. The van der Waals surface area contributed by atoms with Gasteiger partial charge in [-0.25, -0.2) is 4.98 Å². The minimum Gasteiger partial charge on any atom is -0.375 e. The number of alkyl halides is 3. The Balaban J connectivity index is 0.00000208. The highest BCUT2D eigenvalue weighted by Crippen LogP contribution is 2.38. The van der Waals surface area contributed by atoms with Crippen LogP contribution in [0.2, 0.25) is 0 Å². The van der Waals surface area contributed by atoms with Gasteiger partial charge in [-0.2, -0.15) is 13.2 Å². The van der Waals surface area contributed by atoms with Gasteiger partial charge in [0.05, 0.1) is 5.56 Å². The molecular formula is C16H19ClF3N3S. The lowest BCUT2D eigenvalue weighted by atomic mass is 9.86. The number of hydrogen-bond acceptors (Lipinski definition) is 4. The summed E-state index contributed by atoms with van der Waals surface area (Å²) in [6.07, 6.45) is -1.04. The van der Waals surface area contributed by atoms with Crippen molar-refractivity contribution in [1.82, 2.24) is 9.88 Å². The van der Waals surface area contributed by atoms with E-state index in [1.807, 2.05) is 0 Å². The van der Waals surface area contributed by atoms with Gasteiger partial charge in [0.2, 0.25) is 0 Å². The molecule has 1 aromatic heterocycles. The number of thiazole rings is 1. The lowest BCUT2D eigenvalue weighted by Gasteiger charge is -2.32. The van der Waals surface area contributed by atoms with Gasteiger partial charge in [0, 0.05) is 17.6 Å². The highest BCUT2D eigenvalue weighted by molar-refractivity contribution is 7.15. The van der Waals surface area contributed by atoms with Crippen LogP contribution in [0.5, 0.6) is 0 Å². The number of rotatable bonds is 3. The van der Waals surface area contributed by atoms with E-state index in [9.17, 15) is 13.2 Å². The van der Waals surface area contributed by atoms with Crippen molar-refractivity contribution in [3.05, 3.63) is 46.5 Å². The molecule has 0 radical (unpaired) electrons. The third-order valence-electron chi connectivity index (χ3n) is 4.24. The molecule has 0 aliphatic carbocycles. The first kappa shape index (κ1) is 19.0. The molecule has 8 heteroatoms. The van der Waals surface area contributed by atoms with E-state index in [-0.39, 0.29) is 18.3 Å². The highest BCUT2D eigenvalue weighted by atomic mass is 35.5. The predicted octanol–water partition coefficient (Wildman–Crippen LogP) is 4.55. The van der Waals surface area contributed by atoms with E-state index in [2.05, 4.69) is 9.88 Å². The number of halogens is 4. The Bertz CT molecular complexity index is 667. The summed E-state index contributed by atoms with van der Waals surface area (Å²) in [5, 5.41) is 0.550. The van der Waals surface area contributed by atoms with Gasteiger partial charge in [-0.3, -0.25) is 4.90 Å². The smallest absolute Gasteiger partial charge is 0.375 e. The molecule has 1 saturated heterocycles. The third kappa shape index (κ3) is 4.40. The standard InChI is InChI=1S/C16H18F3N3S.ClH/c17-16(18,19)14-4-2-1-3-13(14)11-5-7-22(8-6-11)10-12-9-21-15(20)23-12;/h1-4,9,11H,5-8,10H2,(H2,20,21);1H. The van der Waals surface area contributed by atoms with Crippen molar-refractivity contribution in [2.75, 3.05) is 18.8 Å². The zero-order valence-corrected chi connectivity index (χ0v) is 14.6. The van der Waals surface area contributed by atoms with Crippen LogP contribution >= 0.6 is 23.7 Å².